The lowest BCUT2D eigenvalue weighted by molar-refractivity contribution is 0.474. The van der Waals surface area contributed by atoms with Crippen LogP contribution in [0.5, 0.6) is 5.75 Å². The fourth-order valence-corrected chi connectivity index (χ4v) is 2.29. The van der Waals surface area contributed by atoms with E-state index in [0.29, 0.717) is 11.8 Å². The lowest BCUT2D eigenvalue weighted by Gasteiger charge is -2.05. The van der Waals surface area contributed by atoms with E-state index in [1.165, 1.54) is 11.3 Å². The van der Waals surface area contributed by atoms with Crippen molar-refractivity contribution in [1.29, 1.82) is 0 Å². The van der Waals surface area contributed by atoms with E-state index >= 15 is 0 Å². The molecule has 0 bridgehead atoms. The Kier molecular flexibility index (Phi) is 2.77. The van der Waals surface area contributed by atoms with Gasteiger partial charge >= 0.3 is 0 Å². The summed E-state index contributed by atoms with van der Waals surface area (Å²) in [5.74, 6) is 0.323. The van der Waals surface area contributed by atoms with Gasteiger partial charge in [0.25, 0.3) is 0 Å². The highest BCUT2D eigenvalue weighted by Gasteiger charge is 2.16. The van der Waals surface area contributed by atoms with Crippen molar-refractivity contribution in [1.82, 2.24) is 0 Å². The molecule has 18 heavy (non-hydrogen) atoms. The Balaban J connectivity index is 1.75. The van der Waals surface area contributed by atoms with Crippen LogP contribution in [0.15, 0.2) is 54.6 Å². The molecule has 0 spiro atoms. The number of nitrogens with one attached hydrogen (secondary N) is 1. The zero-order chi connectivity index (χ0) is 12.4. The van der Waals surface area contributed by atoms with E-state index in [1.807, 2.05) is 30.3 Å². The Labute approximate surface area is 107 Å². The molecule has 90 valence electrons. The third kappa shape index (κ3) is 2.09. The maximum absolute atomic E-state index is 9.69. The van der Waals surface area contributed by atoms with E-state index in [-0.39, 0.29) is 0 Å². The first-order valence-electron chi connectivity index (χ1n) is 6.13. The number of fused-ring (bicyclic) bond motifs is 1. The summed E-state index contributed by atoms with van der Waals surface area (Å²) >= 11 is 0. The molecule has 0 radical (unpaired) electrons. The molecule has 0 saturated carbocycles. The van der Waals surface area contributed by atoms with Crippen LogP contribution in [-0.4, -0.2) is 11.1 Å². The zero-order valence-corrected chi connectivity index (χ0v) is 10.0. The second-order valence-corrected chi connectivity index (χ2v) is 4.53. The summed E-state index contributed by atoms with van der Waals surface area (Å²) in [4.78, 5) is 0. The minimum absolute atomic E-state index is 0.307. The molecule has 0 fully saturated rings. The molecule has 2 aromatic rings. The molecule has 0 saturated heterocycles. The van der Waals surface area contributed by atoms with Crippen molar-refractivity contribution in [2.45, 2.75) is 12.5 Å². The van der Waals surface area contributed by atoms with Crippen LogP contribution in [-0.2, 0) is 6.42 Å². The van der Waals surface area contributed by atoms with Crippen LogP contribution in [0.1, 0.15) is 11.1 Å². The van der Waals surface area contributed by atoms with Crippen LogP contribution in [0.4, 0.5) is 5.69 Å². The van der Waals surface area contributed by atoms with E-state index in [1.54, 1.807) is 6.07 Å². The van der Waals surface area contributed by atoms with Crippen LogP contribution in [0.25, 0.3) is 6.08 Å². The van der Waals surface area contributed by atoms with E-state index < -0.39 is 0 Å². The number of hydrogen-bond donors (Lipinski definition) is 2. The van der Waals surface area contributed by atoms with Crippen molar-refractivity contribution in [2.75, 3.05) is 5.32 Å². The van der Waals surface area contributed by atoms with Gasteiger partial charge in [0.05, 0.1) is 0 Å². The first kappa shape index (κ1) is 10.9. The van der Waals surface area contributed by atoms with Crippen LogP contribution in [0.2, 0.25) is 0 Å². The topological polar surface area (TPSA) is 32.3 Å². The van der Waals surface area contributed by atoms with E-state index in [2.05, 4.69) is 29.6 Å². The van der Waals surface area contributed by atoms with Gasteiger partial charge < -0.3 is 10.4 Å². The molecule has 1 aliphatic heterocycles. The van der Waals surface area contributed by atoms with Gasteiger partial charge in [-0.1, -0.05) is 48.6 Å². The number of aromatic hydroxyl groups is 1. The number of rotatable bonds is 2. The Morgan fingerprint density at radius 2 is 1.83 bits per heavy atom. The van der Waals surface area contributed by atoms with Crippen molar-refractivity contribution in [3.05, 3.63) is 65.7 Å². The minimum Gasteiger partial charge on any atom is -0.507 e. The van der Waals surface area contributed by atoms with Crippen LogP contribution in [0, 0.1) is 0 Å². The summed E-state index contributed by atoms with van der Waals surface area (Å²) in [6.45, 7) is 0. The average Bonchev–Trinajstić information content (AvgIpc) is 2.80. The summed E-state index contributed by atoms with van der Waals surface area (Å²) < 4.78 is 0. The number of phenols is 1. The van der Waals surface area contributed by atoms with Crippen molar-refractivity contribution >= 4 is 11.8 Å². The predicted molar refractivity (Wildman–Crippen MR) is 74.7 cm³/mol. The van der Waals surface area contributed by atoms with E-state index in [9.17, 15) is 5.11 Å². The second kappa shape index (κ2) is 4.57. The summed E-state index contributed by atoms with van der Waals surface area (Å²) in [6.07, 6.45) is 5.08. The number of benzene rings is 2. The molecule has 2 heteroatoms. The Morgan fingerprint density at radius 3 is 2.67 bits per heavy atom. The minimum atomic E-state index is 0.307. The molecule has 2 aromatic carbocycles. The Hall–Kier alpha value is -2.22. The highest BCUT2D eigenvalue weighted by molar-refractivity contribution is 5.62. The first-order valence-corrected chi connectivity index (χ1v) is 6.13. The summed E-state index contributed by atoms with van der Waals surface area (Å²) in [7, 11) is 0. The van der Waals surface area contributed by atoms with Gasteiger partial charge in [-0.25, -0.2) is 0 Å². The van der Waals surface area contributed by atoms with Crippen molar-refractivity contribution < 1.29 is 5.11 Å². The average molecular weight is 237 g/mol. The van der Waals surface area contributed by atoms with Gasteiger partial charge in [0.15, 0.2) is 0 Å². The molecule has 0 aliphatic carbocycles. The molecule has 1 heterocycles. The van der Waals surface area contributed by atoms with Gasteiger partial charge in [-0.05, 0) is 24.1 Å². The van der Waals surface area contributed by atoms with Crippen molar-refractivity contribution in [3.63, 3.8) is 0 Å². The number of anilines is 1. The van der Waals surface area contributed by atoms with Crippen LogP contribution < -0.4 is 5.32 Å². The lowest BCUT2D eigenvalue weighted by Crippen LogP contribution is -2.10. The molecule has 3 rings (SSSR count). The first-order chi connectivity index (χ1) is 8.83. The summed E-state index contributed by atoms with van der Waals surface area (Å²) in [5, 5.41) is 13.1. The fourth-order valence-electron chi connectivity index (χ4n) is 2.29. The highest BCUT2D eigenvalue weighted by Crippen LogP contribution is 2.26. The van der Waals surface area contributed by atoms with Gasteiger partial charge in [-0.2, -0.15) is 0 Å². The lowest BCUT2D eigenvalue weighted by atomic mass is 10.1. The van der Waals surface area contributed by atoms with Gasteiger partial charge in [-0.3, -0.25) is 0 Å². The summed E-state index contributed by atoms with van der Waals surface area (Å²) in [5.41, 5.74) is 3.42. The second-order valence-electron chi connectivity index (χ2n) is 4.53. The van der Waals surface area contributed by atoms with Crippen molar-refractivity contribution in [3.8, 4) is 5.75 Å². The third-order valence-corrected chi connectivity index (χ3v) is 3.24. The standard InChI is InChI=1S/C16H15NO/c18-16-8-4-2-5-12(16)9-10-14-11-13-6-1-3-7-15(13)17-14/h1-10,14,17-18H,11H2/b10-9+. The molecule has 0 aromatic heterocycles. The molecule has 0 amide bonds. The quantitative estimate of drug-likeness (QED) is 0.838. The smallest absolute Gasteiger partial charge is 0.122 e. The van der Waals surface area contributed by atoms with E-state index in [4.69, 9.17) is 0 Å². The molecule has 2 nitrogen and oxygen atoms in total. The van der Waals surface area contributed by atoms with Crippen LogP contribution >= 0.6 is 0 Å². The molecular weight excluding hydrogens is 222 g/mol. The number of phenolic OH excluding ortho intramolecular Hbond substituents is 1. The zero-order valence-electron chi connectivity index (χ0n) is 10.0. The summed E-state index contributed by atoms with van der Waals surface area (Å²) in [6, 6.07) is 16.0. The fraction of sp³-hybridized carbons (Fsp3) is 0.125. The monoisotopic (exact) mass is 237 g/mol. The molecular formula is C16H15NO. The van der Waals surface area contributed by atoms with Gasteiger partial charge in [0, 0.05) is 17.3 Å². The van der Waals surface area contributed by atoms with Gasteiger partial charge in [0.2, 0.25) is 0 Å². The Bertz CT molecular complexity index is 564. The van der Waals surface area contributed by atoms with Gasteiger partial charge in [-0.15, -0.1) is 0 Å². The van der Waals surface area contributed by atoms with Gasteiger partial charge in [0.1, 0.15) is 5.75 Å². The van der Waals surface area contributed by atoms with Crippen molar-refractivity contribution in [2.24, 2.45) is 0 Å². The predicted octanol–water partition coefficient (Wildman–Crippen LogP) is 3.44. The van der Waals surface area contributed by atoms with E-state index in [0.717, 1.165) is 12.0 Å². The normalized spacial score (nSPS) is 17.7. The highest BCUT2D eigenvalue weighted by atomic mass is 16.3. The maximum Gasteiger partial charge on any atom is 0.122 e. The largest absolute Gasteiger partial charge is 0.507 e. The van der Waals surface area contributed by atoms with Crippen LogP contribution in [0.3, 0.4) is 0 Å². The number of para-hydroxylation sites is 2. The molecule has 2 N–H and O–H groups in total. The molecule has 1 unspecified atom stereocenters. The Morgan fingerprint density at radius 1 is 1.06 bits per heavy atom. The maximum atomic E-state index is 9.69. The SMILES string of the molecule is Oc1ccccc1/C=C/C1Cc2ccccc2N1. The number of hydrogen-bond acceptors (Lipinski definition) is 2. The molecule has 1 atom stereocenters. The molecule has 1 aliphatic rings. The third-order valence-electron chi connectivity index (χ3n) is 3.24.